The molecule has 0 saturated carbocycles. The van der Waals surface area contributed by atoms with Crippen LogP contribution in [0.5, 0.6) is 0 Å². The zero-order valence-corrected chi connectivity index (χ0v) is 10.4. The molecule has 1 unspecified atom stereocenters. The van der Waals surface area contributed by atoms with Gasteiger partial charge in [-0.15, -0.1) is 0 Å². The van der Waals surface area contributed by atoms with Crippen molar-refractivity contribution >= 4 is 23.2 Å². The summed E-state index contributed by atoms with van der Waals surface area (Å²) in [5, 5.41) is 4.51. The topological polar surface area (TPSA) is 21.3 Å². The maximum atomic E-state index is 6.05. The van der Waals surface area contributed by atoms with Gasteiger partial charge in [0.1, 0.15) is 0 Å². The normalized spacial score (nSPS) is 12.8. The summed E-state index contributed by atoms with van der Waals surface area (Å²) in [6, 6.07) is 5.93. The lowest BCUT2D eigenvalue weighted by Gasteiger charge is -2.13. The molecule has 0 fully saturated rings. The van der Waals surface area contributed by atoms with Gasteiger partial charge in [0.2, 0.25) is 0 Å². The first-order valence-electron chi connectivity index (χ1n) is 4.80. The molecule has 0 aliphatic carbocycles. The Morgan fingerprint density at radius 2 is 2.13 bits per heavy atom. The van der Waals surface area contributed by atoms with Gasteiger partial charge in [0.15, 0.2) is 0 Å². The first kappa shape index (κ1) is 12.8. The number of ether oxygens (including phenoxy) is 1. The SMILES string of the molecule is COCC(C)NCc1cccc(Cl)c1Cl. The summed E-state index contributed by atoms with van der Waals surface area (Å²) in [6.45, 7) is 3.43. The number of nitrogens with one attached hydrogen (secondary N) is 1. The van der Waals surface area contributed by atoms with Crippen molar-refractivity contribution in [3.05, 3.63) is 33.8 Å². The molecule has 1 atom stereocenters. The van der Waals surface area contributed by atoms with Gasteiger partial charge in [-0.2, -0.15) is 0 Å². The Bertz CT molecular complexity index is 317. The number of rotatable bonds is 5. The number of methoxy groups -OCH3 is 1. The van der Waals surface area contributed by atoms with Crippen LogP contribution in [-0.2, 0) is 11.3 Å². The summed E-state index contributed by atoms with van der Waals surface area (Å²) in [4.78, 5) is 0. The van der Waals surface area contributed by atoms with Crippen molar-refractivity contribution < 1.29 is 4.74 Å². The Morgan fingerprint density at radius 3 is 2.80 bits per heavy atom. The predicted molar refractivity (Wildman–Crippen MR) is 64.6 cm³/mol. The van der Waals surface area contributed by atoms with E-state index in [2.05, 4.69) is 12.2 Å². The van der Waals surface area contributed by atoms with Crippen molar-refractivity contribution in [1.29, 1.82) is 0 Å². The van der Waals surface area contributed by atoms with Crippen molar-refractivity contribution in [1.82, 2.24) is 5.32 Å². The lowest BCUT2D eigenvalue weighted by Crippen LogP contribution is -2.29. The van der Waals surface area contributed by atoms with Gasteiger partial charge in [-0.1, -0.05) is 35.3 Å². The first-order valence-corrected chi connectivity index (χ1v) is 5.56. The Morgan fingerprint density at radius 1 is 1.40 bits per heavy atom. The van der Waals surface area contributed by atoms with E-state index in [-0.39, 0.29) is 0 Å². The predicted octanol–water partition coefficient (Wildman–Crippen LogP) is 3.12. The monoisotopic (exact) mass is 247 g/mol. The Labute approximate surface area is 101 Å². The average Bonchev–Trinajstić information content (AvgIpc) is 2.21. The average molecular weight is 248 g/mol. The molecule has 2 nitrogen and oxygen atoms in total. The van der Waals surface area contributed by atoms with Gasteiger partial charge in [-0.25, -0.2) is 0 Å². The summed E-state index contributed by atoms with van der Waals surface area (Å²) >= 11 is 12.0. The minimum absolute atomic E-state index is 0.296. The van der Waals surface area contributed by atoms with E-state index in [4.69, 9.17) is 27.9 Å². The van der Waals surface area contributed by atoms with Gasteiger partial charge >= 0.3 is 0 Å². The lowest BCUT2D eigenvalue weighted by atomic mass is 10.2. The molecule has 1 aromatic carbocycles. The molecule has 0 spiro atoms. The van der Waals surface area contributed by atoms with Crippen LogP contribution in [0.15, 0.2) is 18.2 Å². The maximum Gasteiger partial charge on any atom is 0.0637 e. The highest BCUT2D eigenvalue weighted by Gasteiger charge is 2.05. The van der Waals surface area contributed by atoms with E-state index >= 15 is 0 Å². The van der Waals surface area contributed by atoms with Crippen LogP contribution in [0.25, 0.3) is 0 Å². The molecule has 84 valence electrons. The van der Waals surface area contributed by atoms with E-state index < -0.39 is 0 Å². The highest BCUT2D eigenvalue weighted by atomic mass is 35.5. The molecular formula is C11H15Cl2NO. The fraction of sp³-hybridized carbons (Fsp3) is 0.455. The summed E-state index contributed by atoms with van der Waals surface area (Å²) < 4.78 is 5.02. The van der Waals surface area contributed by atoms with Crippen molar-refractivity contribution in [2.75, 3.05) is 13.7 Å². The summed E-state index contributed by atoms with van der Waals surface area (Å²) in [6.07, 6.45) is 0. The minimum Gasteiger partial charge on any atom is -0.383 e. The van der Waals surface area contributed by atoms with Crippen molar-refractivity contribution in [2.24, 2.45) is 0 Å². The molecule has 0 aliphatic heterocycles. The van der Waals surface area contributed by atoms with Gasteiger partial charge in [0, 0.05) is 19.7 Å². The van der Waals surface area contributed by atoms with E-state index in [0.29, 0.717) is 29.2 Å². The largest absolute Gasteiger partial charge is 0.383 e. The zero-order valence-electron chi connectivity index (χ0n) is 8.89. The van der Waals surface area contributed by atoms with Crippen LogP contribution in [-0.4, -0.2) is 19.8 Å². The number of halogens is 2. The number of hydrogen-bond donors (Lipinski definition) is 1. The van der Waals surface area contributed by atoms with Crippen LogP contribution in [0.2, 0.25) is 10.0 Å². The first-order chi connectivity index (χ1) is 7.15. The fourth-order valence-corrected chi connectivity index (χ4v) is 1.67. The summed E-state index contributed by atoms with van der Waals surface area (Å²) in [5.74, 6) is 0. The molecule has 0 amide bonds. The van der Waals surface area contributed by atoms with E-state index in [9.17, 15) is 0 Å². The summed E-state index contributed by atoms with van der Waals surface area (Å²) in [7, 11) is 1.69. The smallest absolute Gasteiger partial charge is 0.0637 e. The fourth-order valence-electron chi connectivity index (χ4n) is 1.28. The van der Waals surface area contributed by atoms with Gasteiger partial charge in [0.25, 0.3) is 0 Å². The molecule has 1 rings (SSSR count). The van der Waals surface area contributed by atoms with Crippen LogP contribution in [0.3, 0.4) is 0 Å². The molecule has 1 N–H and O–H groups in total. The molecule has 0 bridgehead atoms. The van der Waals surface area contributed by atoms with E-state index in [1.807, 2.05) is 12.1 Å². The van der Waals surface area contributed by atoms with Gasteiger partial charge in [-0.3, -0.25) is 0 Å². The minimum atomic E-state index is 0.296. The van der Waals surface area contributed by atoms with Crippen molar-refractivity contribution in [3.63, 3.8) is 0 Å². The molecule has 4 heteroatoms. The van der Waals surface area contributed by atoms with Crippen LogP contribution in [0.4, 0.5) is 0 Å². The number of benzene rings is 1. The second-order valence-electron chi connectivity index (χ2n) is 3.45. The van der Waals surface area contributed by atoms with Crippen LogP contribution in [0.1, 0.15) is 12.5 Å². The van der Waals surface area contributed by atoms with Gasteiger partial charge in [-0.05, 0) is 18.6 Å². The summed E-state index contributed by atoms with van der Waals surface area (Å²) in [5.41, 5.74) is 1.01. The van der Waals surface area contributed by atoms with Crippen LogP contribution >= 0.6 is 23.2 Å². The molecule has 0 heterocycles. The highest BCUT2D eigenvalue weighted by Crippen LogP contribution is 2.25. The molecule has 0 aromatic heterocycles. The lowest BCUT2D eigenvalue weighted by molar-refractivity contribution is 0.171. The molecular weight excluding hydrogens is 233 g/mol. The highest BCUT2D eigenvalue weighted by molar-refractivity contribution is 6.42. The third-order valence-electron chi connectivity index (χ3n) is 2.09. The quantitative estimate of drug-likeness (QED) is 0.864. The number of hydrogen-bond acceptors (Lipinski definition) is 2. The molecule has 1 aromatic rings. The third kappa shape index (κ3) is 3.99. The van der Waals surface area contributed by atoms with E-state index in [1.165, 1.54) is 0 Å². The maximum absolute atomic E-state index is 6.05. The Kier molecular flexibility index (Phi) is 5.40. The van der Waals surface area contributed by atoms with Gasteiger partial charge < -0.3 is 10.1 Å². The van der Waals surface area contributed by atoms with Crippen LogP contribution < -0.4 is 5.32 Å². The van der Waals surface area contributed by atoms with Crippen molar-refractivity contribution in [2.45, 2.75) is 19.5 Å². The molecule has 0 radical (unpaired) electrons. The Hall–Kier alpha value is -0.280. The molecule has 15 heavy (non-hydrogen) atoms. The molecule has 0 aliphatic rings. The third-order valence-corrected chi connectivity index (χ3v) is 2.95. The van der Waals surface area contributed by atoms with Crippen LogP contribution in [0, 0.1) is 0 Å². The Balaban J connectivity index is 2.54. The second kappa shape index (κ2) is 6.33. The van der Waals surface area contributed by atoms with E-state index in [1.54, 1.807) is 13.2 Å². The standard InChI is InChI=1S/C11H15Cl2NO/c1-8(7-15-2)14-6-9-4-3-5-10(12)11(9)13/h3-5,8,14H,6-7H2,1-2H3. The van der Waals surface area contributed by atoms with Crippen molar-refractivity contribution in [3.8, 4) is 0 Å². The zero-order chi connectivity index (χ0) is 11.3. The molecule has 0 saturated heterocycles. The van der Waals surface area contributed by atoms with E-state index in [0.717, 1.165) is 5.56 Å². The second-order valence-corrected chi connectivity index (χ2v) is 4.24. The van der Waals surface area contributed by atoms with Gasteiger partial charge in [0.05, 0.1) is 16.7 Å².